The topological polar surface area (TPSA) is 83.9 Å². The molecule has 4 rings (SSSR count). The summed E-state index contributed by atoms with van der Waals surface area (Å²) in [6, 6.07) is 2.08. The van der Waals surface area contributed by atoms with E-state index in [0.29, 0.717) is 5.69 Å². The highest BCUT2D eigenvalue weighted by atomic mass is 32.1. The van der Waals surface area contributed by atoms with Crippen LogP contribution in [0.2, 0.25) is 0 Å². The van der Waals surface area contributed by atoms with Crippen LogP contribution in [0, 0.1) is 0 Å². The van der Waals surface area contributed by atoms with Crippen LogP contribution < -0.4 is 10.2 Å². The highest BCUT2D eigenvalue weighted by Crippen LogP contribution is 2.30. The first-order chi connectivity index (χ1) is 10.8. The molecule has 7 nitrogen and oxygen atoms in total. The molecule has 110 valence electrons. The van der Waals surface area contributed by atoms with Crippen LogP contribution in [0.25, 0.3) is 10.2 Å². The van der Waals surface area contributed by atoms with Gasteiger partial charge in [-0.3, -0.25) is 9.78 Å². The summed E-state index contributed by atoms with van der Waals surface area (Å²) in [7, 11) is 0. The van der Waals surface area contributed by atoms with Crippen molar-refractivity contribution < 1.29 is 4.79 Å². The third-order valence-electron chi connectivity index (χ3n) is 3.54. The number of nitrogens with one attached hydrogen (secondary N) is 1. The summed E-state index contributed by atoms with van der Waals surface area (Å²) >= 11 is 1.63. The number of anilines is 1. The van der Waals surface area contributed by atoms with E-state index in [2.05, 4.69) is 30.2 Å². The second kappa shape index (κ2) is 5.30. The van der Waals surface area contributed by atoms with E-state index >= 15 is 0 Å². The first-order valence-corrected chi connectivity index (χ1v) is 7.69. The molecule has 0 bridgehead atoms. The molecule has 1 aliphatic rings. The van der Waals surface area contributed by atoms with Crippen LogP contribution in [0.4, 0.5) is 5.82 Å². The van der Waals surface area contributed by atoms with Gasteiger partial charge >= 0.3 is 0 Å². The molecule has 0 spiro atoms. The van der Waals surface area contributed by atoms with Gasteiger partial charge in [0.25, 0.3) is 5.91 Å². The Morgan fingerprint density at radius 2 is 2.18 bits per heavy atom. The van der Waals surface area contributed by atoms with Crippen molar-refractivity contribution in [1.29, 1.82) is 0 Å². The molecule has 0 unspecified atom stereocenters. The SMILES string of the molecule is O=C(NC1CN(c2ncnc3ccsc23)C1)c1cnccn1. The Hall–Kier alpha value is -2.61. The number of nitrogens with zero attached hydrogens (tertiary/aromatic N) is 5. The zero-order valence-corrected chi connectivity index (χ0v) is 12.3. The lowest BCUT2D eigenvalue weighted by molar-refractivity contribution is 0.0924. The van der Waals surface area contributed by atoms with Gasteiger partial charge in [0.1, 0.15) is 17.8 Å². The molecule has 0 aliphatic carbocycles. The first kappa shape index (κ1) is 13.1. The molecular formula is C14H12N6OS. The predicted octanol–water partition coefficient (Wildman–Crippen LogP) is 1.10. The van der Waals surface area contributed by atoms with Crippen molar-refractivity contribution in [3.05, 3.63) is 42.1 Å². The maximum absolute atomic E-state index is 12.0. The largest absolute Gasteiger partial charge is 0.351 e. The number of aromatic nitrogens is 4. The van der Waals surface area contributed by atoms with Gasteiger partial charge in [-0.1, -0.05) is 0 Å². The van der Waals surface area contributed by atoms with Crippen molar-refractivity contribution in [2.24, 2.45) is 0 Å². The quantitative estimate of drug-likeness (QED) is 0.779. The number of hydrogen-bond acceptors (Lipinski definition) is 7. The zero-order chi connectivity index (χ0) is 14.9. The minimum atomic E-state index is -0.193. The summed E-state index contributed by atoms with van der Waals surface area (Å²) in [6.45, 7) is 1.46. The summed E-state index contributed by atoms with van der Waals surface area (Å²) in [6.07, 6.45) is 6.10. The van der Waals surface area contributed by atoms with Gasteiger partial charge in [0.15, 0.2) is 0 Å². The molecule has 8 heteroatoms. The van der Waals surface area contributed by atoms with Crippen molar-refractivity contribution in [2.75, 3.05) is 18.0 Å². The Bertz CT molecular complexity index is 814. The van der Waals surface area contributed by atoms with Crippen LogP contribution in [0.15, 0.2) is 36.4 Å². The number of amides is 1. The van der Waals surface area contributed by atoms with E-state index in [1.165, 1.54) is 12.4 Å². The molecule has 0 saturated carbocycles. The van der Waals surface area contributed by atoms with Crippen molar-refractivity contribution in [1.82, 2.24) is 25.3 Å². The number of rotatable bonds is 3. The van der Waals surface area contributed by atoms with Gasteiger partial charge in [-0.25, -0.2) is 15.0 Å². The lowest BCUT2D eigenvalue weighted by Gasteiger charge is -2.40. The van der Waals surface area contributed by atoms with Crippen molar-refractivity contribution in [2.45, 2.75) is 6.04 Å². The van der Waals surface area contributed by atoms with Crippen LogP contribution in [0.5, 0.6) is 0 Å². The molecule has 0 aromatic carbocycles. The average Bonchev–Trinajstić information content (AvgIpc) is 3.00. The predicted molar refractivity (Wildman–Crippen MR) is 82.9 cm³/mol. The highest BCUT2D eigenvalue weighted by molar-refractivity contribution is 7.17. The Kier molecular flexibility index (Phi) is 3.15. The molecule has 0 atom stereocenters. The van der Waals surface area contributed by atoms with Gasteiger partial charge in [0.2, 0.25) is 0 Å². The van der Waals surface area contributed by atoms with Gasteiger partial charge in [-0.15, -0.1) is 11.3 Å². The van der Waals surface area contributed by atoms with Crippen molar-refractivity contribution in [3.63, 3.8) is 0 Å². The molecule has 1 amide bonds. The standard InChI is InChI=1S/C14H12N6OS/c21-14(11-5-15-2-3-16-11)19-9-6-20(7-9)13-12-10(1-4-22-12)17-8-18-13/h1-5,8-9H,6-7H2,(H,19,21). The van der Waals surface area contributed by atoms with Crippen LogP contribution in [-0.4, -0.2) is 45.0 Å². The van der Waals surface area contributed by atoms with Crippen LogP contribution in [0.3, 0.4) is 0 Å². The Morgan fingerprint density at radius 1 is 1.27 bits per heavy atom. The fourth-order valence-electron chi connectivity index (χ4n) is 2.42. The van der Waals surface area contributed by atoms with E-state index < -0.39 is 0 Å². The average molecular weight is 312 g/mol. The van der Waals surface area contributed by atoms with Crippen molar-refractivity contribution >= 4 is 33.3 Å². The normalized spacial score (nSPS) is 14.8. The minimum absolute atomic E-state index is 0.0967. The molecule has 1 fully saturated rings. The molecule has 0 radical (unpaired) electrons. The minimum Gasteiger partial charge on any atom is -0.351 e. The Morgan fingerprint density at radius 3 is 3.00 bits per heavy atom. The number of hydrogen-bond donors (Lipinski definition) is 1. The summed E-state index contributed by atoms with van der Waals surface area (Å²) in [5.74, 6) is 0.742. The van der Waals surface area contributed by atoms with Crippen LogP contribution in [-0.2, 0) is 0 Å². The van der Waals surface area contributed by atoms with E-state index in [1.54, 1.807) is 23.9 Å². The summed E-state index contributed by atoms with van der Waals surface area (Å²) in [4.78, 5) is 30.6. The third kappa shape index (κ3) is 2.27. The van der Waals surface area contributed by atoms with Gasteiger partial charge < -0.3 is 10.2 Å². The van der Waals surface area contributed by atoms with E-state index in [-0.39, 0.29) is 11.9 Å². The lowest BCUT2D eigenvalue weighted by atomic mass is 10.1. The van der Waals surface area contributed by atoms with E-state index in [9.17, 15) is 4.79 Å². The van der Waals surface area contributed by atoms with Crippen LogP contribution in [0.1, 0.15) is 10.5 Å². The third-order valence-corrected chi connectivity index (χ3v) is 4.44. The van der Waals surface area contributed by atoms with Gasteiger partial charge in [-0.05, 0) is 11.4 Å². The fourth-order valence-corrected chi connectivity index (χ4v) is 3.28. The fraction of sp³-hybridized carbons (Fsp3) is 0.214. The summed E-state index contributed by atoms with van der Waals surface area (Å²) < 4.78 is 1.08. The highest BCUT2D eigenvalue weighted by Gasteiger charge is 2.30. The molecule has 22 heavy (non-hydrogen) atoms. The molecule has 1 N–H and O–H groups in total. The Balaban J connectivity index is 1.42. The Labute approximate surface area is 130 Å². The van der Waals surface area contributed by atoms with Crippen molar-refractivity contribution in [3.8, 4) is 0 Å². The molecular weight excluding hydrogens is 300 g/mol. The van der Waals surface area contributed by atoms with Crippen LogP contribution >= 0.6 is 11.3 Å². The van der Waals surface area contributed by atoms with E-state index in [0.717, 1.165) is 29.1 Å². The first-order valence-electron chi connectivity index (χ1n) is 6.81. The smallest absolute Gasteiger partial charge is 0.271 e. The van der Waals surface area contributed by atoms with E-state index in [1.807, 2.05) is 11.4 Å². The molecule has 3 aromatic rings. The van der Waals surface area contributed by atoms with Gasteiger partial charge in [0.05, 0.1) is 22.5 Å². The molecule has 1 saturated heterocycles. The van der Waals surface area contributed by atoms with Gasteiger partial charge in [-0.2, -0.15) is 0 Å². The number of fused-ring (bicyclic) bond motifs is 1. The maximum atomic E-state index is 12.0. The second-order valence-electron chi connectivity index (χ2n) is 5.00. The number of carbonyl (C=O) groups excluding carboxylic acids is 1. The second-order valence-corrected chi connectivity index (χ2v) is 5.91. The maximum Gasteiger partial charge on any atom is 0.271 e. The monoisotopic (exact) mass is 312 g/mol. The molecule has 4 heterocycles. The van der Waals surface area contributed by atoms with E-state index in [4.69, 9.17) is 0 Å². The zero-order valence-electron chi connectivity index (χ0n) is 11.5. The molecule has 3 aromatic heterocycles. The van der Waals surface area contributed by atoms with Gasteiger partial charge in [0, 0.05) is 25.5 Å². The number of carbonyl (C=O) groups is 1. The number of thiophene rings is 1. The molecule has 1 aliphatic heterocycles. The lowest BCUT2D eigenvalue weighted by Crippen LogP contribution is -2.59. The summed E-state index contributed by atoms with van der Waals surface area (Å²) in [5, 5.41) is 4.96. The summed E-state index contributed by atoms with van der Waals surface area (Å²) in [5.41, 5.74) is 1.30.